The number of nitrogens with zero attached hydrogens (tertiary/aromatic N) is 3. The molecule has 1 aliphatic rings. The van der Waals surface area contributed by atoms with Crippen molar-refractivity contribution in [3.05, 3.63) is 40.5 Å². The van der Waals surface area contributed by atoms with Crippen molar-refractivity contribution in [2.75, 3.05) is 6.61 Å². The van der Waals surface area contributed by atoms with E-state index in [0.29, 0.717) is 12.2 Å². The smallest absolute Gasteiger partial charge is 0.138 e. The summed E-state index contributed by atoms with van der Waals surface area (Å²) in [7, 11) is 1.96. The summed E-state index contributed by atoms with van der Waals surface area (Å²) >= 11 is 0. The minimum absolute atomic E-state index is 0.00403. The molecule has 2 aromatic rings. The van der Waals surface area contributed by atoms with Crippen LogP contribution in [0.2, 0.25) is 0 Å². The van der Waals surface area contributed by atoms with Gasteiger partial charge in [-0.15, -0.1) is 0 Å². The Bertz CT molecular complexity index is 711. The van der Waals surface area contributed by atoms with Crippen molar-refractivity contribution in [2.45, 2.75) is 45.9 Å². The lowest BCUT2D eigenvalue weighted by Gasteiger charge is -2.21. The van der Waals surface area contributed by atoms with Gasteiger partial charge < -0.3 is 15.2 Å². The highest BCUT2D eigenvalue weighted by molar-refractivity contribution is 5.30. The van der Waals surface area contributed by atoms with Crippen LogP contribution in [0.15, 0.2) is 12.1 Å². The van der Waals surface area contributed by atoms with Gasteiger partial charge in [-0.3, -0.25) is 9.67 Å². The number of nitrogens with one attached hydrogen (secondary N) is 1. The second kappa shape index (κ2) is 6.29. The molecule has 0 aromatic carbocycles. The maximum absolute atomic E-state index is 9.94. The Morgan fingerprint density at radius 1 is 1.35 bits per heavy atom. The maximum Gasteiger partial charge on any atom is 0.138 e. The number of aryl methyl sites for hydroxylation is 3. The lowest BCUT2D eigenvalue weighted by Crippen LogP contribution is -2.32. The molecule has 23 heavy (non-hydrogen) atoms. The maximum atomic E-state index is 9.94. The summed E-state index contributed by atoms with van der Waals surface area (Å²) in [6, 6.07) is 3.69. The first-order valence-electron chi connectivity index (χ1n) is 7.98. The third-order valence-corrected chi connectivity index (χ3v) is 4.56. The van der Waals surface area contributed by atoms with Crippen molar-refractivity contribution < 1.29 is 9.84 Å². The van der Waals surface area contributed by atoms with E-state index in [2.05, 4.69) is 22.3 Å². The van der Waals surface area contributed by atoms with Crippen LogP contribution in [0.4, 0.5) is 0 Å². The molecule has 3 heterocycles. The zero-order valence-corrected chi connectivity index (χ0v) is 14.1. The van der Waals surface area contributed by atoms with Crippen LogP contribution in [0.25, 0.3) is 0 Å². The van der Waals surface area contributed by atoms with E-state index in [4.69, 9.17) is 4.74 Å². The first-order valence-corrected chi connectivity index (χ1v) is 7.98. The topological polar surface area (TPSA) is 72.2 Å². The summed E-state index contributed by atoms with van der Waals surface area (Å²) < 4.78 is 7.87. The highest BCUT2D eigenvalue weighted by Gasteiger charge is 2.33. The lowest BCUT2D eigenvalue weighted by atomic mass is 10.00. The number of pyridine rings is 1. The Morgan fingerprint density at radius 3 is 2.83 bits per heavy atom. The monoisotopic (exact) mass is 316 g/mol. The fourth-order valence-electron chi connectivity index (χ4n) is 3.25. The van der Waals surface area contributed by atoms with Gasteiger partial charge in [-0.2, -0.15) is 5.10 Å². The summed E-state index contributed by atoms with van der Waals surface area (Å²) in [5, 5.41) is 17.9. The first-order chi connectivity index (χ1) is 11.0. The van der Waals surface area contributed by atoms with Crippen LogP contribution >= 0.6 is 0 Å². The van der Waals surface area contributed by atoms with Crippen LogP contribution in [0, 0.1) is 20.8 Å². The fraction of sp³-hybridized carbons (Fsp3) is 0.529. The largest absolute Gasteiger partial charge is 0.506 e. The molecule has 0 radical (unpaired) electrons. The summed E-state index contributed by atoms with van der Waals surface area (Å²) in [6.07, 6.45) is 0.932. The quantitative estimate of drug-likeness (QED) is 0.903. The Morgan fingerprint density at radius 2 is 2.13 bits per heavy atom. The van der Waals surface area contributed by atoms with Crippen molar-refractivity contribution in [3.63, 3.8) is 0 Å². The Balaban J connectivity index is 1.76. The van der Waals surface area contributed by atoms with Crippen LogP contribution in [-0.2, 0) is 18.3 Å². The SMILES string of the molecule is Cc1ccc(O)c(CN[C@H]2CCO[C@@H]2c2c(C)nn(C)c2C)n1. The van der Waals surface area contributed by atoms with Crippen molar-refractivity contribution in [3.8, 4) is 5.75 Å². The van der Waals surface area contributed by atoms with Gasteiger partial charge in [-0.25, -0.2) is 0 Å². The second-order valence-corrected chi connectivity index (χ2v) is 6.19. The molecule has 0 saturated carbocycles. The molecule has 1 saturated heterocycles. The molecule has 0 aliphatic carbocycles. The molecule has 0 unspecified atom stereocenters. The van der Waals surface area contributed by atoms with Crippen molar-refractivity contribution in [1.82, 2.24) is 20.1 Å². The van der Waals surface area contributed by atoms with Gasteiger partial charge in [-0.1, -0.05) is 0 Å². The molecule has 1 aliphatic heterocycles. The van der Waals surface area contributed by atoms with Gasteiger partial charge in [0.1, 0.15) is 11.9 Å². The van der Waals surface area contributed by atoms with E-state index < -0.39 is 0 Å². The average molecular weight is 316 g/mol. The molecule has 2 atom stereocenters. The van der Waals surface area contributed by atoms with Gasteiger partial charge in [-0.05, 0) is 39.3 Å². The normalized spacial score (nSPS) is 21.0. The molecule has 6 nitrogen and oxygen atoms in total. The number of hydrogen-bond donors (Lipinski definition) is 2. The van der Waals surface area contributed by atoms with E-state index in [-0.39, 0.29) is 17.9 Å². The molecular weight excluding hydrogens is 292 g/mol. The molecule has 2 aromatic heterocycles. The third kappa shape index (κ3) is 3.09. The van der Waals surface area contributed by atoms with E-state index >= 15 is 0 Å². The number of rotatable bonds is 4. The van der Waals surface area contributed by atoms with Crippen molar-refractivity contribution >= 4 is 0 Å². The fourth-order valence-corrected chi connectivity index (χ4v) is 3.25. The zero-order chi connectivity index (χ0) is 16.6. The summed E-state index contributed by atoms with van der Waals surface area (Å²) in [4.78, 5) is 4.40. The first kappa shape index (κ1) is 16.0. The molecule has 0 amide bonds. The van der Waals surface area contributed by atoms with Crippen LogP contribution in [0.1, 0.15) is 40.9 Å². The van der Waals surface area contributed by atoms with Crippen LogP contribution in [0.5, 0.6) is 5.75 Å². The number of hydrogen-bond acceptors (Lipinski definition) is 5. The molecular formula is C17H24N4O2. The molecule has 3 rings (SSSR count). The van der Waals surface area contributed by atoms with Gasteiger partial charge in [0, 0.05) is 43.2 Å². The molecule has 6 heteroatoms. The number of aromatic nitrogens is 3. The van der Waals surface area contributed by atoms with Crippen LogP contribution in [0.3, 0.4) is 0 Å². The Labute approximate surface area is 136 Å². The molecule has 0 bridgehead atoms. The molecule has 1 fully saturated rings. The molecule has 124 valence electrons. The van der Waals surface area contributed by atoms with E-state index in [1.807, 2.05) is 31.6 Å². The molecule has 0 spiro atoms. The van der Waals surface area contributed by atoms with Crippen molar-refractivity contribution in [2.24, 2.45) is 7.05 Å². The predicted octanol–water partition coefficient (Wildman–Crippen LogP) is 2.07. The second-order valence-electron chi connectivity index (χ2n) is 6.19. The lowest BCUT2D eigenvalue weighted by molar-refractivity contribution is 0.0973. The summed E-state index contributed by atoms with van der Waals surface area (Å²) in [6.45, 7) is 7.27. The minimum atomic E-state index is -0.00403. The van der Waals surface area contributed by atoms with Gasteiger partial charge in [0.15, 0.2) is 0 Å². The highest BCUT2D eigenvalue weighted by Crippen LogP contribution is 2.33. The van der Waals surface area contributed by atoms with Gasteiger partial charge in [0.05, 0.1) is 11.4 Å². The van der Waals surface area contributed by atoms with E-state index in [1.54, 1.807) is 6.07 Å². The minimum Gasteiger partial charge on any atom is -0.506 e. The predicted molar refractivity (Wildman–Crippen MR) is 87.3 cm³/mol. The summed E-state index contributed by atoms with van der Waals surface area (Å²) in [5.41, 5.74) is 4.90. The number of ether oxygens (including phenoxy) is 1. The van der Waals surface area contributed by atoms with Crippen LogP contribution in [-0.4, -0.2) is 32.5 Å². The van der Waals surface area contributed by atoms with E-state index in [9.17, 15) is 5.11 Å². The summed E-state index contributed by atoms with van der Waals surface area (Å²) in [5.74, 6) is 0.229. The van der Waals surface area contributed by atoms with E-state index in [1.165, 1.54) is 5.56 Å². The Hall–Kier alpha value is -1.92. The van der Waals surface area contributed by atoms with Crippen molar-refractivity contribution in [1.29, 1.82) is 0 Å². The van der Waals surface area contributed by atoms with E-state index in [0.717, 1.165) is 30.1 Å². The highest BCUT2D eigenvalue weighted by atomic mass is 16.5. The third-order valence-electron chi connectivity index (χ3n) is 4.56. The van der Waals surface area contributed by atoms with Gasteiger partial charge >= 0.3 is 0 Å². The van der Waals surface area contributed by atoms with Gasteiger partial charge in [0.25, 0.3) is 0 Å². The standard InChI is InChI=1S/C17H24N4O2/c1-10-5-6-15(22)14(19-10)9-18-13-7-8-23-17(13)16-11(2)20-21(4)12(16)3/h5-6,13,17-18,22H,7-9H2,1-4H3/t13-,17-/m0/s1. The van der Waals surface area contributed by atoms with Gasteiger partial charge in [0.2, 0.25) is 0 Å². The Kier molecular flexibility index (Phi) is 4.37. The van der Waals surface area contributed by atoms with Crippen LogP contribution < -0.4 is 5.32 Å². The average Bonchev–Trinajstić information content (AvgIpc) is 3.05. The zero-order valence-electron chi connectivity index (χ0n) is 14.1. The number of aromatic hydroxyl groups is 1. The molecule has 2 N–H and O–H groups in total.